The molecule has 1 aromatic heterocycles. The maximum atomic E-state index is 13.4. The van der Waals surface area contributed by atoms with Crippen molar-refractivity contribution in [3.05, 3.63) is 71.0 Å². The Balaban J connectivity index is 1.56. The van der Waals surface area contributed by atoms with E-state index < -0.39 is 15.8 Å². The van der Waals surface area contributed by atoms with Gasteiger partial charge >= 0.3 is 0 Å². The van der Waals surface area contributed by atoms with Crippen LogP contribution in [-0.4, -0.2) is 35.4 Å². The number of fused-ring (bicyclic) bond motifs is 1. The Morgan fingerprint density at radius 3 is 2.52 bits per heavy atom. The van der Waals surface area contributed by atoms with Crippen LogP contribution in [0.2, 0.25) is 0 Å². The van der Waals surface area contributed by atoms with E-state index in [1.54, 1.807) is 22.8 Å². The normalized spacial score (nSPS) is 16.6. The molecule has 27 heavy (non-hydrogen) atoms. The van der Waals surface area contributed by atoms with Crippen molar-refractivity contribution in [3.63, 3.8) is 0 Å². The van der Waals surface area contributed by atoms with Crippen LogP contribution in [0.3, 0.4) is 0 Å². The van der Waals surface area contributed by atoms with E-state index in [9.17, 15) is 17.6 Å². The van der Waals surface area contributed by atoms with Gasteiger partial charge in [-0.15, -0.1) is 0 Å². The third kappa shape index (κ3) is 3.26. The summed E-state index contributed by atoms with van der Waals surface area (Å²) >= 11 is 0. The van der Waals surface area contributed by atoms with Gasteiger partial charge in [-0.2, -0.15) is 4.31 Å². The Bertz CT molecular complexity index is 1150. The maximum Gasteiger partial charge on any atom is 0.261 e. The molecule has 0 spiro atoms. The molecule has 0 saturated carbocycles. The number of piperidine rings is 1. The molecule has 2 aromatic carbocycles. The molecule has 1 aliphatic heterocycles. The van der Waals surface area contributed by atoms with E-state index in [1.165, 1.54) is 28.8 Å². The summed E-state index contributed by atoms with van der Waals surface area (Å²) in [5.41, 5.74) is 0.525. The molecule has 140 valence electrons. The van der Waals surface area contributed by atoms with Crippen molar-refractivity contribution < 1.29 is 12.8 Å². The largest absolute Gasteiger partial charge is 0.296 e. The van der Waals surface area contributed by atoms with Crippen LogP contribution in [-0.2, 0) is 10.0 Å². The van der Waals surface area contributed by atoms with E-state index in [0.29, 0.717) is 23.7 Å². The number of nitrogens with zero attached hydrogens (tertiary/aromatic N) is 3. The van der Waals surface area contributed by atoms with Crippen LogP contribution >= 0.6 is 0 Å². The van der Waals surface area contributed by atoms with Crippen molar-refractivity contribution in [2.45, 2.75) is 23.8 Å². The number of sulfonamides is 1. The Morgan fingerprint density at radius 2 is 1.78 bits per heavy atom. The zero-order valence-electron chi connectivity index (χ0n) is 14.5. The highest BCUT2D eigenvalue weighted by Gasteiger charge is 2.30. The van der Waals surface area contributed by atoms with Crippen molar-refractivity contribution in [2.24, 2.45) is 0 Å². The SMILES string of the molecule is O=c1c2ccccc2ncn1C1CCN(S(=O)(=O)c2cccc(F)c2)CC1. The van der Waals surface area contributed by atoms with Gasteiger partial charge in [0.2, 0.25) is 10.0 Å². The maximum absolute atomic E-state index is 13.4. The van der Waals surface area contributed by atoms with E-state index in [4.69, 9.17) is 0 Å². The standard InChI is InChI=1S/C19H18FN3O3S/c20-14-4-3-5-16(12-14)27(25,26)22-10-8-15(9-11-22)23-13-21-18-7-2-1-6-17(18)19(23)24/h1-7,12-13,15H,8-11H2. The van der Waals surface area contributed by atoms with Crippen molar-refractivity contribution in [1.29, 1.82) is 0 Å². The molecule has 0 bridgehead atoms. The summed E-state index contributed by atoms with van der Waals surface area (Å²) in [7, 11) is -3.74. The molecular formula is C19H18FN3O3S. The molecule has 0 atom stereocenters. The fourth-order valence-corrected chi connectivity index (χ4v) is 4.98. The Kier molecular flexibility index (Phi) is 4.53. The predicted octanol–water partition coefficient (Wildman–Crippen LogP) is 2.56. The zero-order valence-corrected chi connectivity index (χ0v) is 15.3. The molecule has 0 N–H and O–H groups in total. The molecule has 0 amide bonds. The Hall–Kier alpha value is -2.58. The number of rotatable bonds is 3. The van der Waals surface area contributed by atoms with E-state index in [1.807, 2.05) is 6.07 Å². The number of para-hydroxylation sites is 1. The highest BCUT2D eigenvalue weighted by Crippen LogP contribution is 2.26. The van der Waals surface area contributed by atoms with Gasteiger partial charge in [0.15, 0.2) is 0 Å². The highest BCUT2D eigenvalue weighted by molar-refractivity contribution is 7.89. The van der Waals surface area contributed by atoms with Crippen molar-refractivity contribution >= 4 is 20.9 Å². The quantitative estimate of drug-likeness (QED) is 0.692. The second-order valence-corrected chi connectivity index (χ2v) is 8.50. The number of aromatic nitrogens is 2. The fraction of sp³-hybridized carbons (Fsp3) is 0.263. The first kappa shape index (κ1) is 17.8. The first-order chi connectivity index (χ1) is 13.0. The van der Waals surface area contributed by atoms with Gasteiger partial charge in [0.05, 0.1) is 22.1 Å². The molecule has 0 aliphatic carbocycles. The molecule has 1 saturated heterocycles. The van der Waals surface area contributed by atoms with E-state index in [-0.39, 0.29) is 29.6 Å². The first-order valence-electron chi connectivity index (χ1n) is 8.68. The predicted molar refractivity (Wildman–Crippen MR) is 99.4 cm³/mol. The van der Waals surface area contributed by atoms with Crippen LogP contribution in [0.25, 0.3) is 10.9 Å². The lowest BCUT2D eigenvalue weighted by atomic mass is 10.1. The van der Waals surface area contributed by atoms with E-state index in [0.717, 1.165) is 6.07 Å². The Morgan fingerprint density at radius 1 is 1.04 bits per heavy atom. The number of benzene rings is 2. The fourth-order valence-electron chi connectivity index (χ4n) is 3.48. The number of hydrogen-bond donors (Lipinski definition) is 0. The summed E-state index contributed by atoms with van der Waals surface area (Å²) in [6.45, 7) is 0.533. The summed E-state index contributed by atoms with van der Waals surface area (Å²) in [5.74, 6) is -0.584. The third-order valence-corrected chi connectivity index (χ3v) is 6.84. The van der Waals surface area contributed by atoms with Crippen LogP contribution in [0.1, 0.15) is 18.9 Å². The van der Waals surface area contributed by atoms with Gasteiger partial charge in [0.1, 0.15) is 5.82 Å². The number of hydrogen-bond acceptors (Lipinski definition) is 4. The summed E-state index contributed by atoms with van der Waals surface area (Å²) < 4.78 is 41.7. The second-order valence-electron chi connectivity index (χ2n) is 6.57. The first-order valence-corrected chi connectivity index (χ1v) is 10.1. The topological polar surface area (TPSA) is 72.3 Å². The van der Waals surface area contributed by atoms with Gasteiger partial charge in [-0.3, -0.25) is 9.36 Å². The van der Waals surface area contributed by atoms with Gasteiger partial charge in [-0.1, -0.05) is 18.2 Å². The van der Waals surface area contributed by atoms with Gasteiger partial charge in [-0.05, 0) is 43.2 Å². The third-order valence-electron chi connectivity index (χ3n) is 4.94. The average molecular weight is 387 g/mol. The lowest BCUT2D eigenvalue weighted by Gasteiger charge is -2.32. The lowest BCUT2D eigenvalue weighted by Crippen LogP contribution is -2.40. The molecule has 3 aromatic rings. The van der Waals surface area contributed by atoms with Crippen molar-refractivity contribution in [3.8, 4) is 0 Å². The van der Waals surface area contributed by atoms with Crippen molar-refractivity contribution in [2.75, 3.05) is 13.1 Å². The lowest BCUT2D eigenvalue weighted by molar-refractivity contribution is 0.269. The van der Waals surface area contributed by atoms with Gasteiger partial charge in [0, 0.05) is 19.1 Å². The molecular weight excluding hydrogens is 369 g/mol. The molecule has 0 radical (unpaired) electrons. The van der Waals surface area contributed by atoms with Gasteiger partial charge < -0.3 is 0 Å². The smallest absolute Gasteiger partial charge is 0.261 e. The molecule has 4 rings (SSSR count). The molecule has 1 aliphatic rings. The summed E-state index contributed by atoms with van der Waals surface area (Å²) in [6.07, 6.45) is 2.52. The molecule has 0 unspecified atom stereocenters. The molecule has 2 heterocycles. The minimum Gasteiger partial charge on any atom is -0.296 e. The van der Waals surface area contributed by atoms with Gasteiger partial charge in [0.25, 0.3) is 5.56 Å². The average Bonchev–Trinajstić information content (AvgIpc) is 2.69. The summed E-state index contributed by atoms with van der Waals surface area (Å²) in [4.78, 5) is 17.0. The van der Waals surface area contributed by atoms with Crippen LogP contribution in [0.15, 0.2) is 64.5 Å². The van der Waals surface area contributed by atoms with Gasteiger partial charge in [-0.25, -0.2) is 17.8 Å². The van der Waals surface area contributed by atoms with Crippen LogP contribution in [0, 0.1) is 5.82 Å². The Labute approximate surface area is 155 Å². The zero-order chi connectivity index (χ0) is 19.0. The second kappa shape index (κ2) is 6.86. The van der Waals surface area contributed by atoms with Crippen LogP contribution in [0.4, 0.5) is 4.39 Å². The highest BCUT2D eigenvalue weighted by atomic mass is 32.2. The monoisotopic (exact) mass is 387 g/mol. The minimum absolute atomic E-state index is 0.0505. The van der Waals surface area contributed by atoms with Crippen LogP contribution < -0.4 is 5.56 Å². The van der Waals surface area contributed by atoms with Crippen LogP contribution in [0.5, 0.6) is 0 Å². The van der Waals surface area contributed by atoms with E-state index >= 15 is 0 Å². The van der Waals surface area contributed by atoms with Crippen molar-refractivity contribution in [1.82, 2.24) is 13.9 Å². The molecule has 8 heteroatoms. The summed E-state index contributed by atoms with van der Waals surface area (Å²) in [6, 6.07) is 12.0. The number of halogens is 1. The van der Waals surface area contributed by atoms with E-state index in [2.05, 4.69) is 4.98 Å². The molecule has 1 fully saturated rings. The molecule has 6 nitrogen and oxygen atoms in total. The summed E-state index contributed by atoms with van der Waals surface area (Å²) in [5, 5.41) is 0.551. The minimum atomic E-state index is -3.74.